The van der Waals surface area contributed by atoms with Gasteiger partial charge in [0.05, 0.1) is 0 Å². The Balaban J connectivity index is 1.76. The van der Waals surface area contributed by atoms with Gasteiger partial charge in [-0.1, -0.05) is 0 Å². The van der Waals surface area contributed by atoms with Crippen LogP contribution < -0.4 is 5.90 Å². The smallest absolute Gasteiger partial charge is 0.248 e. The number of nitrogens with two attached hydrogens (primary N) is 1. The standard InChI is InChI=1S/C13H24N4O3/c14-13(20-15)10-1-5-16(6-2-10)11-3-7-17(8-4-11)12(19)9-18/h10-11,14,18H,1-9,15H2. The molecule has 0 atom stereocenters. The van der Waals surface area contributed by atoms with Gasteiger partial charge in [0.25, 0.3) is 0 Å². The van der Waals surface area contributed by atoms with E-state index in [9.17, 15) is 4.79 Å². The number of nitrogens with one attached hydrogen (secondary N) is 1. The number of aliphatic hydroxyl groups excluding tert-OH is 1. The number of hydrogen-bond acceptors (Lipinski definition) is 6. The zero-order chi connectivity index (χ0) is 14.5. The molecule has 0 bridgehead atoms. The van der Waals surface area contributed by atoms with E-state index < -0.39 is 6.61 Å². The third kappa shape index (κ3) is 3.47. The Labute approximate surface area is 119 Å². The molecule has 0 aromatic rings. The molecule has 114 valence electrons. The van der Waals surface area contributed by atoms with Crippen molar-refractivity contribution in [3.8, 4) is 0 Å². The average molecular weight is 284 g/mol. The molecule has 2 heterocycles. The summed E-state index contributed by atoms with van der Waals surface area (Å²) in [4.78, 5) is 20.1. The van der Waals surface area contributed by atoms with E-state index in [0.29, 0.717) is 6.04 Å². The second-order valence-corrected chi connectivity index (χ2v) is 5.56. The van der Waals surface area contributed by atoms with Crippen molar-refractivity contribution in [2.45, 2.75) is 31.7 Å². The van der Waals surface area contributed by atoms with Crippen LogP contribution in [0.4, 0.5) is 0 Å². The number of carbonyl (C=O) groups is 1. The van der Waals surface area contributed by atoms with Gasteiger partial charge in [0.2, 0.25) is 11.8 Å². The lowest BCUT2D eigenvalue weighted by Gasteiger charge is -2.41. The zero-order valence-corrected chi connectivity index (χ0v) is 11.8. The third-order valence-corrected chi connectivity index (χ3v) is 4.50. The van der Waals surface area contributed by atoms with Crippen LogP contribution in [0.5, 0.6) is 0 Å². The van der Waals surface area contributed by atoms with E-state index in [1.807, 2.05) is 0 Å². The first-order valence-electron chi connectivity index (χ1n) is 7.23. The molecule has 2 fully saturated rings. The van der Waals surface area contributed by atoms with Crippen LogP contribution in [0.3, 0.4) is 0 Å². The summed E-state index contributed by atoms with van der Waals surface area (Å²) in [5.74, 6) is 5.20. The lowest BCUT2D eigenvalue weighted by Crippen LogP contribution is -2.50. The first-order chi connectivity index (χ1) is 9.65. The van der Waals surface area contributed by atoms with Gasteiger partial charge in [-0.2, -0.15) is 5.90 Å². The number of carbonyl (C=O) groups excluding carboxylic acids is 1. The molecule has 1 amide bonds. The summed E-state index contributed by atoms with van der Waals surface area (Å²) in [6.45, 7) is 2.97. The molecule has 0 aromatic heterocycles. The Kier molecular flexibility index (Phi) is 5.33. The Morgan fingerprint density at radius 1 is 1.20 bits per heavy atom. The molecule has 0 unspecified atom stereocenters. The molecule has 2 saturated heterocycles. The molecule has 2 aliphatic rings. The normalized spacial score (nSPS) is 22.8. The zero-order valence-electron chi connectivity index (χ0n) is 11.8. The van der Waals surface area contributed by atoms with E-state index in [1.165, 1.54) is 0 Å². The fraction of sp³-hybridized carbons (Fsp3) is 0.846. The fourth-order valence-corrected chi connectivity index (χ4v) is 3.20. The summed E-state index contributed by atoms with van der Waals surface area (Å²) in [6, 6.07) is 0.506. The number of piperidine rings is 2. The minimum atomic E-state index is -0.392. The molecule has 0 spiro atoms. The Morgan fingerprint density at radius 2 is 1.80 bits per heavy atom. The van der Waals surface area contributed by atoms with Crippen molar-refractivity contribution < 1.29 is 14.7 Å². The van der Waals surface area contributed by atoms with E-state index in [2.05, 4.69) is 9.74 Å². The van der Waals surface area contributed by atoms with Crippen molar-refractivity contribution in [1.82, 2.24) is 9.80 Å². The molecular formula is C13H24N4O3. The highest BCUT2D eigenvalue weighted by Crippen LogP contribution is 2.24. The monoisotopic (exact) mass is 284 g/mol. The summed E-state index contributed by atoms with van der Waals surface area (Å²) in [5.41, 5.74) is 0. The molecule has 0 saturated carbocycles. The molecule has 2 rings (SSSR count). The predicted molar refractivity (Wildman–Crippen MR) is 74.0 cm³/mol. The van der Waals surface area contributed by atoms with Crippen molar-refractivity contribution in [3.63, 3.8) is 0 Å². The third-order valence-electron chi connectivity index (χ3n) is 4.50. The van der Waals surface area contributed by atoms with E-state index >= 15 is 0 Å². The first-order valence-corrected chi connectivity index (χ1v) is 7.23. The fourth-order valence-electron chi connectivity index (χ4n) is 3.20. The van der Waals surface area contributed by atoms with E-state index in [0.717, 1.165) is 51.9 Å². The van der Waals surface area contributed by atoms with Gasteiger partial charge in [-0.25, -0.2) is 0 Å². The van der Waals surface area contributed by atoms with Crippen molar-refractivity contribution in [2.75, 3.05) is 32.8 Å². The lowest BCUT2D eigenvalue weighted by molar-refractivity contribution is -0.135. The van der Waals surface area contributed by atoms with Crippen LogP contribution in [0.15, 0.2) is 0 Å². The second kappa shape index (κ2) is 7.01. The molecule has 20 heavy (non-hydrogen) atoms. The first kappa shape index (κ1) is 15.2. The van der Waals surface area contributed by atoms with E-state index in [-0.39, 0.29) is 17.7 Å². The summed E-state index contributed by atoms with van der Waals surface area (Å²) in [5, 5.41) is 16.5. The van der Waals surface area contributed by atoms with Crippen molar-refractivity contribution >= 4 is 11.8 Å². The van der Waals surface area contributed by atoms with Gasteiger partial charge >= 0.3 is 0 Å². The van der Waals surface area contributed by atoms with Crippen LogP contribution in [0, 0.1) is 11.3 Å². The number of aliphatic hydroxyl groups is 1. The van der Waals surface area contributed by atoms with Crippen LogP contribution in [-0.4, -0.2) is 65.5 Å². The van der Waals surface area contributed by atoms with E-state index in [1.54, 1.807) is 4.90 Å². The van der Waals surface area contributed by atoms with Crippen molar-refractivity contribution in [1.29, 1.82) is 5.41 Å². The van der Waals surface area contributed by atoms with Crippen LogP contribution in [0.1, 0.15) is 25.7 Å². The second-order valence-electron chi connectivity index (χ2n) is 5.56. The van der Waals surface area contributed by atoms with Gasteiger partial charge in [0.15, 0.2) is 0 Å². The maximum atomic E-state index is 11.4. The summed E-state index contributed by atoms with van der Waals surface area (Å²) in [6.07, 6.45) is 3.74. The highest BCUT2D eigenvalue weighted by molar-refractivity contribution is 5.77. The number of amides is 1. The summed E-state index contributed by atoms with van der Waals surface area (Å²) >= 11 is 0. The highest BCUT2D eigenvalue weighted by atomic mass is 16.6. The van der Waals surface area contributed by atoms with Gasteiger partial charge in [-0.3, -0.25) is 10.2 Å². The van der Waals surface area contributed by atoms with Gasteiger partial charge in [0, 0.05) is 25.0 Å². The Morgan fingerprint density at radius 3 is 2.30 bits per heavy atom. The summed E-state index contributed by atoms with van der Waals surface area (Å²) < 4.78 is 0. The molecule has 0 aliphatic carbocycles. The number of rotatable bonds is 3. The molecular weight excluding hydrogens is 260 g/mol. The lowest BCUT2D eigenvalue weighted by atomic mass is 9.93. The quantitative estimate of drug-likeness (QED) is 0.370. The van der Waals surface area contributed by atoms with Gasteiger partial charge in [-0.05, 0) is 38.8 Å². The molecule has 0 radical (unpaired) electrons. The number of nitrogens with zero attached hydrogens (tertiary/aromatic N) is 2. The molecule has 0 aromatic carbocycles. The topological polar surface area (TPSA) is 103 Å². The Hall–Kier alpha value is -1.18. The Bertz CT molecular complexity index is 314. The highest BCUT2D eigenvalue weighted by Gasteiger charge is 2.30. The molecule has 7 nitrogen and oxygen atoms in total. The molecule has 2 aliphatic heterocycles. The maximum Gasteiger partial charge on any atom is 0.248 e. The minimum absolute atomic E-state index is 0.146. The van der Waals surface area contributed by atoms with Gasteiger partial charge in [-0.15, -0.1) is 0 Å². The van der Waals surface area contributed by atoms with Gasteiger partial charge in [0.1, 0.15) is 6.61 Å². The van der Waals surface area contributed by atoms with Crippen molar-refractivity contribution in [3.05, 3.63) is 0 Å². The van der Waals surface area contributed by atoms with Gasteiger partial charge < -0.3 is 19.7 Å². The van der Waals surface area contributed by atoms with Crippen LogP contribution >= 0.6 is 0 Å². The van der Waals surface area contributed by atoms with Crippen LogP contribution in [0.25, 0.3) is 0 Å². The molecule has 7 heteroatoms. The van der Waals surface area contributed by atoms with Crippen LogP contribution in [0.2, 0.25) is 0 Å². The maximum absolute atomic E-state index is 11.4. The predicted octanol–water partition coefficient (Wildman–Crippen LogP) is -0.451. The van der Waals surface area contributed by atoms with Crippen molar-refractivity contribution in [2.24, 2.45) is 11.8 Å². The molecule has 4 N–H and O–H groups in total. The SMILES string of the molecule is N=C(ON)C1CCN(C2CCN(C(=O)CO)CC2)CC1. The largest absolute Gasteiger partial charge is 0.396 e. The minimum Gasteiger partial charge on any atom is -0.396 e. The van der Waals surface area contributed by atoms with E-state index in [4.69, 9.17) is 16.4 Å². The number of hydrogen-bond donors (Lipinski definition) is 3. The number of likely N-dealkylation sites (tertiary alicyclic amines) is 2. The van der Waals surface area contributed by atoms with Crippen LogP contribution in [-0.2, 0) is 9.63 Å². The summed E-state index contributed by atoms with van der Waals surface area (Å²) in [7, 11) is 0. The average Bonchev–Trinajstić information content (AvgIpc) is 2.53.